The molecular weight excluding hydrogens is 216 g/mol. The van der Waals surface area contributed by atoms with E-state index < -0.39 is 0 Å². The minimum atomic E-state index is 0.399. The minimum absolute atomic E-state index is 0.399. The number of rotatable bonds is 5. The summed E-state index contributed by atoms with van der Waals surface area (Å²) in [5.41, 5.74) is 1.85. The highest BCUT2D eigenvalue weighted by Crippen LogP contribution is 2.39. The van der Waals surface area contributed by atoms with Crippen molar-refractivity contribution >= 4 is 0 Å². The molecule has 1 aliphatic carbocycles. The van der Waals surface area contributed by atoms with Gasteiger partial charge in [-0.25, -0.2) is 0 Å². The van der Waals surface area contributed by atoms with Gasteiger partial charge in [0.05, 0.1) is 0 Å². The van der Waals surface area contributed by atoms with E-state index in [1.807, 2.05) is 13.8 Å². The van der Waals surface area contributed by atoms with E-state index in [0.29, 0.717) is 5.41 Å². The molecular formula is C18H36. The third-order valence-electron chi connectivity index (χ3n) is 4.18. The Balaban J connectivity index is 0.00000137. The fraction of sp³-hybridized carbons (Fsp3) is 0.889. The molecule has 0 bridgehead atoms. The number of hydrogen-bond donors (Lipinski definition) is 0. The van der Waals surface area contributed by atoms with Gasteiger partial charge in [0, 0.05) is 0 Å². The van der Waals surface area contributed by atoms with E-state index in [0.717, 1.165) is 17.8 Å². The molecule has 1 saturated carbocycles. The van der Waals surface area contributed by atoms with Gasteiger partial charge in [0.1, 0.15) is 0 Å². The highest BCUT2D eigenvalue weighted by Gasteiger charge is 2.28. The van der Waals surface area contributed by atoms with Crippen LogP contribution >= 0.6 is 0 Å². The fourth-order valence-corrected chi connectivity index (χ4v) is 2.89. The molecule has 0 amide bonds. The van der Waals surface area contributed by atoms with Gasteiger partial charge in [-0.1, -0.05) is 79.9 Å². The second-order valence-corrected chi connectivity index (χ2v) is 7.22. The summed E-state index contributed by atoms with van der Waals surface area (Å²) in [5.74, 6) is 2.73. The topological polar surface area (TPSA) is 0 Å². The second-order valence-electron chi connectivity index (χ2n) is 7.22. The predicted molar refractivity (Wildman–Crippen MR) is 84.8 cm³/mol. The monoisotopic (exact) mass is 252 g/mol. The van der Waals surface area contributed by atoms with Crippen LogP contribution in [0.5, 0.6) is 0 Å². The van der Waals surface area contributed by atoms with E-state index >= 15 is 0 Å². The van der Waals surface area contributed by atoms with Gasteiger partial charge >= 0.3 is 0 Å². The van der Waals surface area contributed by atoms with E-state index in [4.69, 9.17) is 0 Å². The van der Waals surface area contributed by atoms with E-state index in [9.17, 15) is 0 Å². The maximum atomic E-state index is 4.27. The standard InChI is InChI=1S/C16H30.C2H6/c1-12(11-16(4,5)6)10-13(2)14(3)15-8-7-9-15;1-2/h13-15H,1,7-11H2,2-6H3;1-2H3/t13-,14+;/m1./s1. The highest BCUT2D eigenvalue weighted by molar-refractivity contribution is 4.99. The third kappa shape index (κ3) is 6.61. The third-order valence-corrected chi connectivity index (χ3v) is 4.18. The SMILES string of the molecule is C=C(C[C@@H](C)[C@H](C)C1CCC1)CC(C)(C)C.CC. The minimum Gasteiger partial charge on any atom is -0.0998 e. The molecule has 1 fully saturated rings. The van der Waals surface area contributed by atoms with Gasteiger partial charge in [-0.05, 0) is 36.0 Å². The molecule has 0 saturated heterocycles. The first-order chi connectivity index (χ1) is 8.29. The van der Waals surface area contributed by atoms with Crippen LogP contribution in [0.1, 0.15) is 80.6 Å². The second kappa shape index (κ2) is 8.02. The van der Waals surface area contributed by atoms with Crippen LogP contribution < -0.4 is 0 Å². The Morgan fingerprint density at radius 3 is 2.00 bits per heavy atom. The maximum absolute atomic E-state index is 4.27. The lowest BCUT2D eigenvalue weighted by atomic mass is 9.70. The number of allylic oxidation sites excluding steroid dienone is 1. The van der Waals surface area contributed by atoms with Crippen LogP contribution in [-0.4, -0.2) is 0 Å². The van der Waals surface area contributed by atoms with Gasteiger partial charge in [0.15, 0.2) is 0 Å². The van der Waals surface area contributed by atoms with Gasteiger partial charge in [0.2, 0.25) is 0 Å². The molecule has 1 rings (SSSR count). The van der Waals surface area contributed by atoms with Crippen LogP contribution in [0.15, 0.2) is 12.2 Å². The Morgan fingerprint density at radius 1 is 1.17 bits per heavy atom. The molecule has 108 valence electrons. The Hall–Kier alpha value is -0.260. The first kappa shape index (κ1) is 17.7. The average molecular weight is 252 g/mol. The molecule has 0 N–H and O–H groups in total. The number of hydrogen-bond acceptors (Lipinski definition) is 0. The summed E-state index contributed by atoms with van der Waals surface area (Å²) in [4.78, 5) is 0. The zero-order valence-electron chi connectivity index (χ0n) is 14.0. The highest BCUT2D eigenvalue weighted by atomic mass is 14.3. The molecule has 0 aromatic rings. The maximum Gasteiger partial charge on any atom is -0.0274 e. The van der Waals surface area contributed by atoms with Crippen molar-refractivity contribution in [2.24, 2.45) is 23.2 Å². The molecule has 18 heavy (non-hydrogen) atoms. The summed E-state index contributed by atoms with van der Waals surface area (Å²) >= 11 is 0. The lowest BCUT2D eigenvalue weighted by molar-refractivity contribution is 0.165. The first-order valence-corrected chi connectivity index (χ1v) is 7.96. The summed E-state index contributed by atoms with van der Waals surface area (Å²) in [6.45, 7) is 20.0. The van der Waals surface area contributed by atoms with Crippen LogP contribution in [0.25, 0.3) is 0 Å². The van der Waals surface area contributed by atoms with Crippen LogP contribution in [-0.2, 0) is 0 Å². The van der Waals surface area contributed by atoms with Gasteiger partial charge in [-0.2, -0.15) is 0 Å². The van der Waals surface area contributed by atoms with Gasteiger partial charge in [-0.3, -0.25) is 0 Å². The Labute approximate surface area is 116 Å². The lowest BCUT2D eigenvalue weighted by Gasteiger charge is -2.36. The zero-order chi connectivity index (χ0) is 14.3. The Morgan fingerprint density at radius 2 is 1.67 bits per heavy atom. The van der Waals surface area contributed by atoms with E-state index in [2.05, 4.69) is 41.2 Å². The molecule has 0 radical (unpaired) electrons. The van der Waals surface area contributed by atoms with Gasteiger partial charge < -0.3 is 0 Å². The normalized spacial score (nSPS) is 19.3. The summed E-state index contributed by atoms with van der Waals surface area (Å²) in [6.07, 6.45) is 6.81. The molecule has 0 heteroatoms. The quantitative estimate of drug-likeness (QED) is 0.492. The molecule has 2 atom stereocenters. The summed E-state index contributed by atoms with van der Waals surface area (Å²) in [7, 11) is 0. The van der Waals surface area contributed by atoms with E-state index in [-0.39, 0.29) is 0 Å². The van der Waals surface area contributed by atoms with Crippen LogP contribution in [0, 0.1) is 23.2 Å². The summed E-state index contributed by atoms with van der Waals surface area (Å²) < 4.78 is 0. The van der Waals surface area contributed by atoms with Crippen molar-refractivity contribution in [3.05, 3.63) is 12.2 Å². The molecule has 0 heterocycles. The first-order valence-electron chi connectivity index (χ1n) is 7.96. The zero-order valence-corrected chi connectivity index (χ0v) is 14.0. The summed E-state index contributed by atoms with van der Waals surface area (Å²) in [6, 6.07) is 0. The van der Waals surface area contributed by atoms with E-state index in [1.165, 1.54) is 37.7 Å². The average Bonchev–Trinajstić information content (AvgIpc) is 2.14. The largest absolute Gasteiger partial charge is 0.0998 e. The van der Waals surface area contributed by atoms with E-state index in [1.54, 1.807) is 0 Å². The van der Waals surface area contributed by atoms with Crippen LogP contribution in [0.2, 0.25) is 0 Å². The fourth-order valence-electron chi connectivity index (χ4n) is 2.89. The smallest absolute Gasteiger partial charge is 0.0274 e. The molecule has 0 spiro atoms. The Kier molecular flexibility index (Phi) is 7.90. The Bertz CT molecular complexity index is 227. The van der Waals surface area contributed by atoms with Crippen molar-refractivity contribution < 1.29 is 0 Å². The van der Waals surface area contributed by atoms with Gasteiger partial charge in [-0.15, -0.1) is 0 Å². The lowest BCUT2D eigenvalue weighted by Crippen LogP contribution is -2.25. The van der Waals surface area contributed by atoms with Crippen LogP contribution in [0.3, 0.4) is 0 Å². The van der Waals surface area contributed by atoms with Crippen molar-refractivity contribution in [1.82, 2.24) is 0 Å². The van der Waals surface area contributed by atoms with Crippen LogP contribution in [0.4, 0.5) is 0 Å². The van der Waals surface area contributed by atoms with Crippen molar-refractivity contribution in [3.63, 3.8) is 0 Å². The van der Waals surface area contributed by atoms with Gasteiger partial charge in [0.25, 0.3) is 0 Å². The predicted octanol–water partition coefficient (Wildman–Crippen LogP) is 6.47. The molecule has 0 aliphatic heterocycles. The molecule has 1 aliphatic rings. The molecule has 0 aromatic carbocycles. The van der Waals surface area contributed by atoms with Crippen molar-refractivity contribution in [2.75, 3.05) is 0 Å². The molecule has 0 aromatic heterocycles. The van der Waals surface area contributed by atoms with Crippen molar-refractivity contribution in [3.8, 4) is 0 Å². The molecule has 0 unspecified atom stereocenters. The van der Waals surface area contributed by atoms with Crippen molar-refractivity contribution in [1.29, 1.82) is 0 Å². The van der Waals surface area contributed by atoms with Crippen molar-refractivity contribution in [2.45, 2.75) is 80.6 Å². The summed E-state index contributed by atoms with van der Waals surface area (Å²) in [5, 5.41) is 0. The molecule has 0 nitrogen and oxygen atoms in total.